The Labute approximate surface area is 116 Å². The fourth-order valence-electron chi connectivity index (χ4n) is 5.31. The van der Waals surface area contributed by atoms with Crippen LogP contribution in [0, 0.1) is 22.7 Å². The summed E-state index contributed by atoms with van der Waals surface area (Å²) in [5.74, 6) is 1.23. The van der Waals surface area contributed by atoms with Crippen molar-refractivity contribution in [1.29, 1.82) is 0 Å². The van der Waals surface area contributed by atoms with Crippen molar-refractivity contribution in [2.45, 2.75) is 65.9 Å². The minimum Gasteiger partial charge on any atom is -0.454 e. The van der Waals surface area contributed by atoms with Crippen molar-refractivity contribution in [3.8, 4) is 0 Å². The number of hydrogen-bond donors (Lipinski definition) is 0. The normalized spacial score (nSPS) is 46.7. The van der Waals surface area contributed by atoms with Crippen LogP contribution in [0.2, 0.25) is 0 Å². The zero-order valence-corrected chi connectivity index (χ0v) is 12.9. The van der Waals surface area contributed by atoms with Gasteiger partial charge in [0.15, 0.2) is 0 Å². The maximum Gasteiger partial charge on any atom is 0.303 e. The van der Waals surface area contributed by atoms with Crippen LogP contribution < -0.4 is 0 Å². The van der Waals surface area contributed by atoms with Crippen molar-refractivity contribution in [1.82, 2.24) is 0 Å². The van der Waals surface area contributed by atoms with Gasteiger partial charge in [0.25, 0.3) is 0 Å². The van der Waals surface area contributed by atoms with E-state index in [1.807, 2.05) is 0 Å². The molecule has 0 unspecified atom stereocenters. The van der Waals surface area contributed by atoms with E-state index < -0.39 is 0 Å². The fourth-order valence-corrected chi connectivity index (χ4v) is 5.31. The molecule has 3 aliphatic rings. The first kappa shape index (κ1) is 13.2. The van der Waals surface area contributed by atoms with Crippen molar-refractivity contribution in [2.75, 3.05) is 0 Å². The Morgan fingerprint density at radius 2 is 1.95 bits per heavy atom. The molecule has 3 aliphatic carbocycles. The van der Waals surface area contributed by atoms with Crippen LogP contribution in [0.4, 0.5) is 0 Å². The van der Waals surface area contributed by atoms with Crippen molar-refractivity contribution in [2.24, 2.45) is 22.7 Å². The van der Waals surface area contributed by atoms with E-state index in [4.69, 9.17) is 4.74 Å². The molecule has 0 bridgehead atoms. The van der Waals surface area contributed by atoms with Gasteiger partial charge in [-0.3, -0.25) is 4.79 Å². The third-order valence-corrected chi connectivity index (χ3v) is 6.23. The van der Waals surface area contributed by atoms with Crippen LogP contribution in [-0.4, -0.2) is 11.6 Å². The molecule has 19 heavy (non-hydrogen) atoms. The first-order valence-corrected chi connectivity index (χ1v) is 7.59. The first-order chi connectivity index (χ1) is 8.70. The van der Waals surface area contributed by atoms with E-state index in [0.717, 1.165) is 6.42 Å². The number of ether oxygens (including phenoxy) is 1. The van der Waals surface area contributed by atoms with E-state index in [2.05, 4.69) is 33.8 Å². The van der Waals surface area contributed by atoms with Crippen molar-refractivity contribution in [3.05, 3.63) is 11.6 Å². The lowest BCUT2D eigenvalue weighted by molar-refractivity contribution is -0.209. The second-order valence-electron chi connectivity index (χ2n) is 8.03. The number of carbonyl (C=O) groups is 1. The lowest BCUT2D eigenvalue weighted by Crippen LogP contribution is -2.64. The molecule has 3 rings (SSSR count). The van der Waals surface area contributed by atoms with Gasteiger partial charge in [-0.05, 0) is 55.4 Å². The van der Waals surface area contributed by atoms with Crippen LogP contribution in [0.5, 0.6) is 0 Å². The molecule has 0 amide bonds. The predicted octanol–water partition coefficient (Wildman–Crippen LogP) is 4.10. The van der Waals surface area contributed by atoms with E-state index in [0.29, 0.717) is 17.3 Å². The first-order valence-electron chi connectivity index (χ1n) is 7.59. The summed E-state index contributed by atoms with van der Waals surface area (Å²) >= 11 is 0. The second-order valence-corrected chi connectivity index (χ2v) is 8.03. The highest BCUT2D eigenvalue weighted by atomic mass is 16.6. The summed E-state index contributed by atoms with van der Waals surface area (Å²) < 4.78 is 5.86. The maximum absolute atomic E-state index is 11.6. The highest BCUT2D eigenvalue weighted by molar-refractivity contribution is 5.67. The number of carbonyl (C=O) groups excluding carboxylic acids is 1. The summed E-state index contributed by atoms with van der Waals surface area (Å²) in [5.41, 5.74) is 1.60. The van der Waals surface area contributed by atoms with E-state index in [1.165, 1.54) is 24.8 Å². The van der Waals surface area contributed by atoms with Gasteiger partial charge in [0.2, 0.25) is 0 Å². The molecule has 2 fully saturated rings. The number of allylic oxidation sites excluding steroid dienone is 1. The Bertz CT molecular complexity index is 462. The van der Waals surface area contributed by atoms with Gasteiger partial charge in [-0.25, -0.2) is 0 Å². The molecule has 2 nitrogen and oxygen atoms in total. The molecule has 0 aromatic heterocycles. The molecule has 0 saturated heterocycles. The predicted molar refractivity (Wildman–Crippen MR) is 75.6 cm³/mol. The van der Waals surface area contributed by atoms with Gasteiger partial charge in [-0.1, -0.05) is 26.8 Å². The lowest BCUT2D eigenvalue weighted by atomic mass is 9.45. The van der Waals surface area contributed by atoms with Gasteiger partial charge in [0.1, 0.15) is 5.60 Å². The Balaban J connectivity index is 2.02. The average molecular weight is 262 g/mol. The quantitative estimate of drug-likeness (QED) is 0.525. The number of esters is 1. The summed E-state index contributed by atoms with van der Waals surface area (Å²) in [4.78, 5) is 11.6. The fraction of sp³-hybridized carbons (Fsp3) is 0.824. The molecule has 0 spiro atoms. The summed E-state index contributed by atoms with van der Waals surface area (Å²) in [5, 5.41) is 0. The van der Waals surface area contributed by atoms with Crippen LogP contribution in [0.3, 0.4) is 0 Å². The molecular formula is C17H26O2. The molecular weight excluding hydrogens is 236 g/mol. The van der Waals surface area contributed by atoms with Crippen LogP contribution in [-0.2, 0) is 9.53 Å². The Kier molecular flexibility index (Phi) is 2.54. The van der Waals surface area contributed by atoms with Gasteiger partial charge >= 0.3 is 5.97 Å². The van der Waals surface area contributed by atoms with Crippen molar-refractivity contribution in [3.63, 3.8) is 0 Å². The van der Waals surface area contributed by atoms with Gasteiger partial charge in [-0.2, -0.15) is 0 Å². The molecule has 106 valence electrons. The van der Waals surface area contributed by atoms with Gasteiger partial charge in [0, 0.05) is 12.3 Å². The van der Waals surface area contributed by atoms with Crippen LogP contribution in [0.25, 0.3) is 0 Å². The molecule has 0 aromatic carbocycles. The van der Waals surface area contributed by atoms with Crippen LogP contribution in [0.1, 0.15) is 60.3 Å². The molecule has 0 radical (unpaired) electrons. The monoisotopic (exact) mass is 262 g/mol. The van der Waals surface area contributed by atoms with Crippen LogP contribution in [0.15, 0.2) is 11.6 Å². The standard InChI is InChI=1S/C17H26O2/c1-11-8-13-9-15(3,4)10-14(13)16(5)6-7-17(11,16)19-12(2)18/h8,13-14H,6-7,9-10H2,1-5H3/t13-,14+,16-,17-/m0/s1. The van der Waals surface area contributed by atoms with Gasteiger partial charge in [-0.15, -0.1) is 0 Å². The molecule has 0 aliphatic heterocycles. The van der Waals surface area contributed by atoms with Gasteiger partial charge in [0.05, 0.1) is 0 Å². The van der Waals surface area contributed by atoms with Crippen molar-refractivity contribution < 1.29 is 9.53 Å². The zero-order valence-electron chi connectivity index (χ0n) is 12.9. The van der Waals surface area contributed by atoms with E-state index in [1.54, 1.807) is 6.92 Å². The summed E-state index contributed by atoms with van der Waals surface area (Å²) in [6, 6.07) is 0. The van der Waals surface area contributed by atoms with Crippen molar-refractivity contribution >= 4 is 5.97 Å². The van der Waals surface area contributed by atoms with E-state index >= 15 is 0 Å². The SMILES string of the molecule is CC(=O)O[C@]12CC[C@@]1(C)[C@@H]1CC(C)(C)C[C@@H]1C=C2C. The lowest BCUT2D eigenvalue weighted by Gasteiger charge is -2.63. The molecule has 4 atom stereocenters. The third kappa shape index (κ3) is 1.58. The average Bonchev–Trinajstić information content (AvgIpc) is 2.57. The highest BCUT2D eigenvalue weighted by Crippen LogP contribution is 2.69. The highest BCUT2D eigenvalue weighted by Gasteiger charge is 2.67. The maximum atomic E-state index is 11.6. The van der Waals surface area contributed by atoms with Crippen LogP contribution >= 0.6 is 0 Å². The molecule has 2 heteroatoms. The molecule has 0 aromatic rings. The topological polar surface area (TPSA) is 26.3 Å². The summed E-state index contributed by atoms with van der Waals surface area (Å²) in [6.45, 7) is 10.8. The minimum absolute atomic E-state index is 0.130. The summed E-state index contributed by atoms with van der Waals surface area (Å²) in [7, 11) is 0. The summed E-state index contributed by atoms with van der Waals surface area (Å²) in [6.07, 6.45) is 7.17. The zero-order chi connectivity index (χ0) is 14.1. The number of fused-ring (bicyclic) bond motifs is 3. The number of hydrogen-bond acceptors (Lipinski definition) is 2. The molecule has 0 heterocycles. The number of rotatable bonds is 1. The van der Waals surface area contributed by atoms with E-state index in [9.17, 15) is 4.79 Å². The second kappa shape index (κ2) is 3.65. The Morgan fingerprint density at radius 1 is 1.26 bits per heavy atom. The van der Waals surface area contributed by atoms with E-state index in [-0.39, 0.29) is 17.0 Å². The Hall–Kier alpha value is -0.790. The molecule has 0 N–H and O–H groups in total. The van der Waals surface area contributed by atoms with Gasteiger partial charge < -0.3 is 4.74 Å². The Morgan fingerprint density at radius 3 is 2.47 bits per heavy atom. The third-order valence-electron chi connectivity index (χ3n) is 6.23. The smallest absolute Gasteiger partial charge is 0.303 e. The minimum atomic E-state index is -0.291. The largest absolute Gasteiger partial charge is 0.454 e. The molecule has 2 saturated carbocycles.